The van der Waals surface area contributed by atoms with Crippen LogP contribution in [0.3, 0.4) is 0 Å². The van der Waals surface area contributed by atoms with E-state index in [1.165, 1.54) is 32.1 Å². The highest BCUT2D eigenvalue weighted by Crippen LogP contribution is 2.32. The molecule has 0 aromatic rings. The van der Waals surface area contributed by atoms with E-state index in [0.29, 0.717) is 12.1 Å². The van der Waals surface area contributed by atoms with Crippen LogP contribution < -0.4 is 5.32 Å². The van der Waals surface area contributed by atoms with Crippen molar-refractivity contribution in [3.63, 3.8) is 0 Å². The Morgan fingerprint density at radius 3 is 2.28 bits per heavy atom. The van der Waals surface area contributed by atoms with E-state index in [9.17, 15) is 0 Å². The second-order valence-corrected chi connectivity index (χ2v) is 5.90. The van der Waals surface area contributed by atoms with Gasteiger partial charge in [0.2, 0.25) is 0 Å². The van der Waals surface area contributed by atoms with Crippen LogP contribution >= 0.6 is 0 Å². The van der Waals surface area contributed by atoms with E-state index >= 15 is 0 Å². The van der Waals surface area contributed by atoms with Crippen molar-refractivity contribution in [1.29, 1.82) is 0 Å². The second kappa shape index (κ2) is 8.92. The van der Waals surface area contributed by atoms with Gasteiger partial charge in [0.15, 0.2) is 0 Å². The van der Waals surface area contributed by atoms with Crippen molar-refractivity contribution in [3.8, 4) is 0 Å². The van der Waals surface area contributed by atoms with Crippen molar-refractivity contribution in [2.45, 2.75) is 78.4 Å². The molecule has 108 valence electrons. The molecule has 0 aliphatic heterocycles. The molecule has 1 aliphatic rings. The number of rotatable bonds is 8. The molecule has 2 heteroatoms. The lowest BCUT2D eigenvalue weighted by Crippen LogP contribution is -2.47. The molecular formula is C16H33NO. The summed E-state index contributed by atoms with van der Waals surface area (Å²) in [5, 5.41) is 3.76. The molecule has 0 aromatic carbocycles. The summed E-state index contributed by atoms with van der Waals surface area (Å²) in [6.07, 6.45) is 8.30. The molecule has 0 bridgehead atoms. The molecule has 2 unspecified atom stereocenters. The summed E-state index contributed by atoms with van der Waals surface area (Å²) in [6, 6.07) is 0.572. The van der Waals surface area contributed by atoms with E-state index in [-0.39, 0.29) is 0 Å². The van der Waals surface area contributed by atoms with Gasteiger partial charge in [-0.1, -0.05) is 33.6 Å². The molecule has 0 spiro atoms. The van der Waals surface area contributed by atoms with Crippen molar-refractivity contribution < 1.29 is 4.74 Å². The second-order valence-electron chi connectivity index (χ2n) is 5.90. The van der Waals surface area contributed by atoms with Gasteiger partial charge in [-0.2, -0.15) is 0 Å². The summed E-state index contributed by atoms with van der Waals surface area (Å²) in [5.41, 5.74) is 0. The standard InChI is InChI=1S/C16H33NO/c1-5-12-17-16(15(6-2)18-7-3)14-10-8-13(4)9-11-14/h13-17H,5-12H2,1-4H3. The van der Waals surface area contributed by atoms with E-state index in [4.69, 9.17) is 4.74 Å². The van der Waals surface area contributed by atoms with Crippen molar-refractivity contribution in [1.82, 2.24) is 5.32 Å². The number of hydrogen-bond acceptors (Lipinski definition) is 2. The third kappa shape index (κ3) is 4.89. The first-order valence-corrected chi connectivity index (χ1v) is 8.07. The van der Waals surface area contributed by atoms with E-state index in [1.54, 1.807) is 0 Å². The van der Waals surface area contributed by atoms with Gasteiger partial charge in [-0.15, -0.1) is 0 Å². The fraction of sp³-hybridized carbons (Fsp3) is 1.00. The van der Waals surface area contributed by atoms with Gasteiger partial charge >= 0.3 is 0 Å². The average Bonchev–Trinajstić information content (AvgIpc) is 2.39. The summed E-state index contributed by atoms with van der Waals surface area (Å²) in [6.45, 7) is 11.0. The van der Waals surface area contributed by atoms with Gasteiger partial charge in [0.05, 0.1) is 6.10 Å². The molecule has 0 amide bonds. The zero-order valence-electron chi connectivity index (χ0n) is 12.9. The van der Waals surface area contributed by atoms with E-state index in [1.807, 2.05) is 0 Å². The molecular weight excluding hydrogens is 222 g/mol. The molecule has 2 nitrogen and oxygen atoms in total. The van der Waals surface area contributed by atoms with E-state index < -0.39 is 0 Å². The maximum Gasteiger partial charge on any atom is 0.0727 e. The zero-order chi connectivity index (χ0) is 13.4. The van der Waals surface area contributed by atoms with Gasteiger partial charge in [0.1, 0.15) is 0 Å². The normalized spacial score (nSPS) is 28.0. The molecule has 0 aromatic heterocycles. The summed E-state index contributed by atoms with van der Waals surface area (Å²) >= 11 is 0. The number of hydrogen-bond donors (Lipinski definition) is 1. The molecule has 1 aliphatic carbocycles. The molecule has 1 N–H and O–H groups in total. The molecule has 2 atom stereocenters. The van der Waals surface area contributed by atoms with Crippen LogP contribution in [0, 0.1) is 11.8 Å². The summed E-state index contributed by atoms with van der Waals surface area (Å²) in [4.78, 5) is 0. The van der Waals surface area contributed by atoms with Crippen molar-refractivity contribution in [2.24, 2.45) is 11.8 Å². The fourth-order valence-electron chi connectivity index (χ4n) is 3.25. The third-order valence-electron chi connectivity index (χ3n) is 4.38. The average molecular weight is 255 g/mol. The fourth-order valence-corrected chi connectivity index (χ4v) is 3.25. The molecule has 0 radical (unpaired) electrons. The van der Waals surface area contributed by atoms with E-state index in [0.717, 1.165) is 31.4 Å². The van der Waals surface area contributed by atoms with Crippen molar-refractivity contribution >= 4 is 0 Å². The highest BCUT2D eigenvalue weighted by molar-refractivity contribution is 4.86. The third-order valence-corrected chi connectivity index (χ3v) is 4.38. The van der Waals surface area contributed by atoms with Crippen LogP contribution in [0.15, 0.2) is 0 Å². The lowest BCUT2D eigenvalue weighted by Gasteiger charge is -2.37. The summed E-state index contributed by atoms with van der Waals surface area (Å²) in [7, 11) is 0. The van der Waals surface area contributed by atoms with E-state index in [2.05, 4.69) is 33.0 Å². The molecule has 1 saturated carbocycles. The summed E-state index contributed by atoms with van der Waals surface area (Å²) in [5.74, 6) is 1.75. The van der Waals surface area contributed by atoms with Crippen molar-refractivity contribution in [3.05, 3.63) is 0 Å². The lowest BCUT2D eigenvalue weighted by molar-refractivity contribution is 0.00718. The highest BCUT2D eigenvalue weighted by atomic mass is 16.5. The van der Waals surface area contributed by atoms with Gasteiger partial charge < -0.3 is 10.1 Å². The van der Waals surface area contributed by atoms with Crippen LogP contribution in [-0.2, 0) is 4.74 Å². The van der Waals surface area contributed by atoms with Gasteiger partial charge in [0, 0.05) is 12.6 Å². The maximum atomic E-state index is 5.97. The first-order valence-electron chi connectivity index (χ1n) is 8.07. The Morgan fingerprint density at radius 2 is 1.78 bits per heavy atom. The van der Waals surface area contributed by atoms with Crippen molar-refractivity contribution in [2.75, 3.05) is 13.2 Å². The maximum absolute atomic E-state index is 5.97. The van der Waals surface area contributed by atoms with Gasteiger partial charge in [-0.05, 0) is 51.0 Å². The van der Waals surface area contributed by atoms with Crippen LogP contribution in [0.5, 0.6) is 0 Å². The quantitative estimate of drug-likeness (QED) is 0.708. The Balaban J connectivity index is 2.57. The topological polar surface area (TPSA) is 21.3 Å². The minimum atomic E-state index is 0.403. The molecule has 0 heterocycles. The predicted octanol–water partition coefficient (Wildman–Crippen LogP) is 4.00. The first kappa shape index (κ1) is 16.0. The predicted molar refractivity (Wildman–Crippen MR) is 78.9 cm³/mol. The number of ether oxygens (including phenoxy) is 1. The molecule has 1 rings (SSSR count). The summed E-state index contributed by atoms with van der Waals surface area (Å²) < 4.78 is 5.97. The molecule has 18 heavy (non-hydrogen) atoms. The largest absolute Gasteiger partial charge is 0.377 e. The van der Waals surface area contributed by atoms with Gasteiger partial charge in [-0.3, -0.25) is 0 Å². The van der Waals surface area contributed by atoms with Crippen LogP contribution in [-0.4, -0.2) is 25.3 Å². The van der Waals surface area contributed by atoms with Crippen LogP contribution in [0.4, 0.5) is 0 Å². The number of nitrogens with one attached hydrogen (secondary N) is 1. The SMILES string of the molecule is CCCNC(C1CCC(C)CC1)C(CC)OCC. The van der Waals surface area contributed by atoms with Gasteiger partial charge in [0.25, 0.3) is 0 Å². The Hall–Kier alpha value is -0.0800. The minimum Gasteiger partial charge on any atom is -0.377 e. The first-order chi connectivity index (χ1) is 8.72. The lowest BCUT2D eigenvalue weighted by atomic mass is 9.77. The zero-order valence-corrected chi connectivity index (χ0v) is 12.9. The Bertz CT molecular complexity index is 199. The Morgan fingerprint density at radius 1 is 1.11 bits per heavy atom. The van der Waals surface area contributed by atoms with Crippen LogP contribution in [0.1, 0.15) is 66.2 Å². The monoisotopic (exact) mass is 255 g/mol. The highest BCUT2D eigenvalue weighted by Gasteiger charge is 2.30. The van der Waals surface area contributed by atoms with Crippen LogP contribution in [0.25, 0.3) is 0 Å². The van der Waals surface area contributed by atoms with Gasteiger partial charge in [-0.25, -0.2) is 0 Å². The molecule has 0 saturated heterocycles. The smallest absolute Gasteiger partial charge is 0.0727 e. The minimum absolute atomic E-state index is 0.403. The molecule has 1 fully saturated rings. The van der Waals surface area contributed by atoms with Crippen LogP contribution in [0.2, 0.25) is 0 Å². The Kier molecular flexibility index (Phi) is 7.92. The Labute approximate surface area is 114 Å².